The van der Waals surface area contributed by atoms with Crippen molar-refractivity contribution in [1.29, 1.82) is 0 Å². The molecule has 0 aliphatic carbocycles. The largest absolute Gasteiger partial charge is 0.442 e. The molecule has 5 rings (SSSR count). The quantitative estimate of drug-likeness (QED) is 0.577. The van der Waals surface area contributed by atoms with Crippen molar-refractivity contribution in [2.24, 2.45) is 0 Å². The zero-order valence-corrected chi connectivity index (χ0v) is 20.7. The minimum Gasteiger partial charge on any atom is -0.442 e. The Balaban J connectivity index is 1.28. The summed E-state index contributed by atoms with van der Waals surface area (Å²) in [7, 11) is 0. The standard InChI is InChI=1S/C24H27ClN4O5S/c25-21-8-7-20(35-21)23(31)26-13-16-14-29(24(32)34-16)15-5-6-18(28-9-1-2-10-28)17(12-15)27-22(30)19-4-3-11-33-19/h5-8,12,16,19H,1-4,9-11,13-14H2,(H,26,31)(H,27,30). The highest BCUT2D eigenvalue weighted by Gasteiger charge is 2.34. The van der Waals surface area contributed by atoms with Crippen LogP contribution in [0.25, 0.3) is 0 Å². The SMILES string of the molecule is O=C(NCC1CN(c2ccc(N3CCCC3)c(NC(=O)C3CCCO3)c2)C(=O)O1)c1ccc(Cl)s1. The summed E-state index contributed by atoms with van der Waals surface area (Å²) in [5.41, 5.74) is 2.21. The van der Waals surface area contributed by atoms with Crippen molar-refractivity contribution in [2.75, 3.05) is 47.9 Å². The van der Waals surface area contributed by atoms with Gasteiger partial charge in [0.1, 0.15) is 12.2 Å². The first-order valence-electron chi connectivity index (χ1n) is 11.8. The van der Waals surface area contributed by atoms with Crippen molar-refractivity contribution in [3.63, 3.8) is 0 Å². The van der Waals surface area contributed by atoms with Crippen LogP contribution in [0.4, 0.5) is 21.9 Å². The third-order valence-corrected chi connectivity index (χ3v) is 7.61. The molecule has 2 unspecified atom stereocenters. The van der Waals surface area contributed by atoms with E-state index >= 15 is 0 Å². The second-order valence-electron chi connectivity index (χ2n) is 8.82. The van der Waals surface area contributed by atoms with Gasteiger partial charge in [-0.2, -0.15) is 0 Å². The van der Waals surface area contributed by atoms with Gasteiger partial charge in [0.15, 0.2) is 0 Å². The number of benzene rings is 1. The predicted molar refractivity (Wildman–Crippen MR) is 135 cm³/mol. The van der Waals surface area contributed by atoms with E-state index in [1.165, 1.54) is 16.2 Å². The molecule has 3 aliphatic rings. The molecule has 0 radical (unpaired) electrons. The molecular weight excluding hydrogens is 492 g/mol. The Hall–Kier alpha value is -2.82. The van der Waals surface area contributed by atoms with Gasteiger partial charge in [0, 0.05) is 25.4 Å². The van der Waals surface area contributed by atoms with Crippen LogP contribution in [-0.2, 0) is 14.3 Å². The summed E-state index contributed by atoms with van der Waals surface area (Å²) >= 11 is 7.09. The van der Waals surface area contributed by atoms with Crippen LogP contribution in [0.1, 0.15) is 35.4 Å². The van der Waals surface area contributed by atoms with Crippen molar-refractivity contribution >= 4 is 57.9 Å². The highest BCUT2D eigenvalue weighted by molar-refractivity contribution is 7.18. The molecule has 2 atom stereocenters. The van der Waals surface area contributed by atoms with Crippen molar-refractivity contribution in [1.82, 2.24) is 5.32 Å². The van der Waals surface area contributed by atoms with Crippen LogP contribution in [0.5, 0.6) is 0 Å². The van der Waals surface area contributed by atoms with Crippen LogP contribution < -0.4 is 20.4 Å². The number of hydrogen-bond acceptors (Lipinski definition) is 7. The number of halogens is 1. The molecule has 11 heteroatoms. The number of carbonyl (C=O) groups is 3. The minimum absolute atomic E-state index is 0.168. The highest BCUT2D eigenvalue weighted by Crippen LogP contribution is 2.35. The van der Waals surface area contributed by atoms with Gasteiger partial charge in [0.2, 0.25) is 0 Å². The third kappa shape index (κ3) is 5.39. The summed E-state index contributed by atoms with van der Waals surface area (Å²) in [5, 5.41) is 5.82. The molecule has 3 fully saturated rings. The summed E-state index contributed by atoms with van der Waals surface area (Å²) in [4.78, 5) is 42.0. The van der Waals surface area contributed by atoms with Crippen LogP contribution in [0.3, 0.4) is 0 Å². The van der Waals surface area contributed by atoms with Crippen molar-refractivity contribution in [2.45, 2.75) is 37.9 Å². The lowest BCUT2D eigenvalue weighted by molar-refractivity contribution is -0.124. The zero-order valence-electron chi connectivity index (χ0n) is 19.1. The normalized spacial score (nSPS) is 21.9. The van der Waals surface area contributed by atoms with Gasteiger partial charge in [-0.1, -0.05) is 11.6 Å². The van der Waals surface area contributed by atoms with E-state index in [9.17, 15) is 14.4 Å². The molecule has 0 saturated carbocycles. The fourth-order valence-electron chi connectivity index (χ4n) is 4.59. The number of carbonyl (C=O) groups excluding carboxylic acids is 3. The summed E-state index contributed by atoms with van der Waals surface area (Å²) in [6.45, 7) is 2.90. The molecule has 3 amide bonds. The Kier molecular flexibility index (Phi) is 7.12. The maximum absolute atomic E-state index is 12.8. The average molecular weight is 519 g/mol. The number of nitrogens with zero attached hydrogens (tertiary/aromatic N) is 2. The van der Waals surface area contributed by atoms with Gasteiger partial charge in [0.25, 0.3) is 11.8 Å². The summed E-state index contributed by atoms with van der Waals surface area (Å²) in [6.07, 6.45) is 2.34. The fourth-order valence-corrected chi connectivity index (χ4v) is 5.55. The summed E-state index contributed by atoms with van der Waals surface area (Å²) < 4.78 is 11.6. The van der Waals surface area contributed by atoms with E-state index < -0.39 is 18.3 Å². The van der Waals surface area contributed by atoms with Crippen molar-refractivity contribution < 1.29 is 23.9 Å². The van der Waals surface area contributed by atoms with Gasteiger partial charge in [-0.25, -0.2) is 4.79 Å². The second kappa shape index (κ2) is 10.4. The van der Waals surface area contributed by atoms with E-state index in [-0.39, 0.29) is 24.9 Å². The third-order valence-electron chi connectivity index (χ3n) is 6.38. The number of hydrogen-bond donors (Lipinski definition) is 2. The van der Waals surface area contributed by atoms with Crippen LogP contribution in [0.15, 0.2) is 30.3 Å². The maximum Gasteiger partial charge on any atom is 0.414 e. The molecule has 9 nitrogen and oxygen atoms in total. The molecule has 186 valence electrons. The molecule has 0 bridgehead atoms. The highest BCUT2D eigenvalue weighted by atomic mass is 35.5. The molecule has 0 spiro atoms. The van der Waals surface area contributed by atoms with Gasteiger partial charge in [-0.3, -0.25) is 14.5 Å². The number of ether oxygens (including phenoxy) is 2. The number of amides is 3. The van der Waals surface area contributed by atoms with Gasteiger partial charge < -0.3 is 25.0 Å². The molecule has 3 aliphatic heterocycles. The van der Waals surface area contributed by atoms with Crippen LogP contribution >= 0.6 is 22.9 Å². The van der Waals surface area contributed by atoms with E-state index in [0.29, 0.717) is 33.6 Å². The monoisotopic (exact) mass is 518 g/mol. The van der Waals surface area contributed by atoms with Gasteiger partial charge >= 0.3 is 6.09 Å². The van der Waals surface area contributed by atoms with E-state index in [2.05, 4.69) is 15.5 Å². The first kappa shape index (κ1) is 23.9. The molecule has 3 saturated heterocycles. The van der Waals surface area contributed by atoms with Crippen LogP contribution in [0, 0.1) is 0 Å². The average Bonchev–Trinajstić information content (AvgIpc) is 3.65. The van der Waals surface area contributed by atoms with E-state index in [1.54, 1.807) is 12.1 Å². The Morgan fingerprint density at radius 2 is 1.97 bits per heavy atom. The van der Waals surface area contributed by atoms with E-state index in [4.69, 9.17) is 21.1 Å². The lowest BCUT2D eigenvalue weighted by atomic mass is 10.1. The lowest BCUT2D eigenvalue weighted by Gasteiger charge is -2.24. The summed E-state index contributed by atoms with van der Waals surface area (Å²) in [5.74, 6) is -0.427. The number of rotatable bonds is 7. The first-order valence-corrected chi connectivity index (χ1v) is 13.0. The molecule has 1 aromatic heterocycles. The van der Waals surface area contributed by atoms with Crippen LogP contribution in [-0.4, -0.2) is 62.9 Å². The van der Waals surface area contributed by atoms with Crippen molar-refractivity contribution in [3.05, 3.63) is 39.5 Å². The van der Waals surface area contributed by atoms with E-state index in [0.717, 1.165) is 38.0 Å². The fraction of sp³-hybridized carbons (Fsp3) is 0.458. The number of cyclic esters (lactones) is 1. The van der Waals surface area contributed by atoms with Gasteiger partial charge in [-0.05, 0) is 56.0 Å². The molecule has 35 heavy (non-hydrogen) atoms. The molecular formula is C24H27ClN4O5S. The second-order valence-corrected chi connectivity index (χ2v) is 10.5. The van der Waals surface area contributed by atoms with E-state index in [1.807, 2.05) is 18.2 Å². The Bertz CT molecular complexity index is 1110. The first-order chi connectivity index (χ1) is 17.0. The molecule has 2 aromatic rings. The predicted octanol–water partition coefficient (Wildman–Crippen LogP) is 3.87. The zero-order chi connectivity index (χ0) is 24.4. The van der Waals surface area contributed by atoms with Crippen LogP contribution in [0.2, 0.25) is 4.34 Å². The smallest absolute Gasteiger partial charge is 0.414 e. The Labute approximate surface area is 212 Å². The Morgan fingerprint density at radius 3 is 2.69 bits per heavy atom. The minimum atomic E-state index is -0.495. The maximum atomic E-state index is 12.8. The lowest BCUT2D eigenvalue weighted by Crippen LogP contribution is -2.34. The van der Waals surface area contributed by atoms with Gasteiger partial charge in [0.05, 0.1) is 33.7 Å². The summed E-state index contributed by atoms with van der Waals surface area (Å²) in [6, 6.07) is 8.94. The van der Waals surface area contributed by atoms with Crippen molar-refractivity contribution in [3.8, 4) is 0 Å². The number of nitrogens with one attached hydrogen (secondary N) is 2. The molecule has 2 N–H and O–H groups in total. The van der Waals surface area contributed by atoms with Gasteiger partial charge in [-0.15, -0.1) is 11.3 Å². The number of thiophene rings is 1. The Morgan fingerprint density at radius 1 is 1.14 bits per heavy atom. The number of anilines is 3. The molecule has 4 heterocycles. The topological polar surface area (TPSA) is 100 Å². The molecule has 1 aromatic carbocycles.